The summed E-state index contributed by atoms with van der Waals surface area (Å²) in [6.45, 7) is 2.32. The highest BCUT2D eigenvalue weighted by Gasteiger charge is 2.13. The molecule has 1 aromatic carbocycles. The van der Waals surface area contributed by atoms with E-state index in [2.05, 4.69) is 31.2 Å². The van der Waals surface area contributed by atoms with E-state index in [0.717, 1.165) is 5.92 Å². The zero-order chi connectivity index (χ0) is 7.68. The Hall–Kier alpha value is -0.430. The van der Waals surface area contributed by atoms with Gasteiger partial charge < -0.3 is 0 Å². The molecule has 1 unspecified atom stereocenters. The monoisotopic (exact) mass is 180 g/mol. The van der Waals surface area contributed by atoms with Crippen molar-refractivity contribution in [1.82, 2.24) is 0 Å². The van der Waals surface area contributed by atoms with Crippen LogP contribution in [0.5, 0.6) is 0 Å². The van der Waals surface area contributed by atoms with Gasteiger partial charge in [0.2, 0.25) is 0 Å². The fourth-order valence-corrected chi connectivity index (χ4v) is 2.57. The van der Waals surface area contributed by atoms with E-state index in [0.29, 0.717) is 0 Å². The number of benzene rings is 1. The van der Waals surface area contributed by atoms with Gasteiger partial charge in [0.15, 0.2) is 0 Å². The van der Waals surface area contributed by atoms with E-state index in [4.69, 9.17) is 0 Å². The number of rotatable bonds is 0. The Morgan fingerprint density at radius 3 is 2.92 bits per heavy atom. The third kappa shape index (κ3) is 1.84. The smallest absolute Gasteiger partial charge is 0.0104 e. The predicted molar refractivity (Wildman–Crippen MR) is 56.8 cm³/mol. The molecule has 66 valence electrons. The molecule has 1 aliphatic rings. The van der Waals surface area contributed by atoms with E-state index in [9.17, 15) is 0 Å². The minimum atomic E-state index is 0. The first kappa shape index (κ1) is 9.66. The molecule has 0 amide bonds. The summed E-state index contributed by atoms with van der Waals surface area (Å²) >= 11 is 2.00. The molecule has 0 nitrogen and oxygen atoms in total. The van der Waals surface area contributed by atoms with E-state index in [-0.39, 0.29) is 7.43 Å². The average molecular weight is 180 g/mol. The zero-order valence-corrected chi connectivity index (χ0v) is 7.53. The van der Waals surface area contributed by atoms with Crippen LogP contribution in [0, 0.1) is 5.92 Å². The Kier molecular flexibility index (Phi) is 3.21. The van der Waals surface area contributed by atoms with Gasteiger partial charge in [0, 0.05) is 10.6 Å². The largest absolute Gasteiger partial charge is 0.126 e. The number of hydrogen-bond donors (Lipinski definition) is 0. The van der Waals surface area contributed by atoms with Crippen molar-refractivity contribution in [3.8, 4) is 0 Å². The highest BCUT2D eigenvalue weighted by Crippen LogP contribution is 2.31. The molecule has 0 saturated carbocycles. The maximum Gasteiger partial charge on any atom is 0.0104 e. The first-order chi connectivity index (χ1) is 5.36. The molecule has 2 rings (SSSR count). The summed E-state index contributed by atoms with van der Waals surface area (Å²) in [5, 5.41) is 0. The second-order valence-corrected chi connectivity index (χ2v) is 4.29. The molecular weight excluding hydrogens is 164 g/mol. The van der Waals surface area contributed by atoms with Crippen molar-refractivity contribution in [2.45, 2.75) is 25.7 Å². The summed E-state index contributed by atoms with van der Waals surface area (Å²) in [4.78, 5) is 1.49. The van der Waals surface area contributed by atoms with Gasteiger partial charge in [-0.3, -0.25) is 0 Å². The molecule has 0 aromatic heterocycles. The van der Waals surface area contributed by atoms with Gasteiger partial charge in [-0.05, 0) is 24.0 Å². The molecule has 0 radical (unpaired) electrons. The van der Waals surface area contributed by atoms with Crippen molar-refractivity contribution in [3.05, 3.63) is 29.8 Å². The van der Waals surface area contributed by atoms with Gasteiger partial charge in [-0.2, -0.15) is 0 Å². The Labute approximate surface area is 79.4 Å². The zero-order valence-electron chi connectivity index (χ0n) is 6.71. The maximum absolute atomic E-state index is 2.32. The predicted octanol–water partition coefficient (Wildman–Crippen LogP) is 3.61. The number of thioether (sulfide) groups is 1. The molecule has 0 spiro atoms. The lowest BCUT2D eigenvalue weighted by atomic mass is 10.0. The van der Waals surface area contributed by atoms with Crippen molar-refractivity contribution >= 4 is 11.8 Å². The second kappa shape index (κ2) is 3.99. The summed E-state index contributed by atoms with van der Waals surface area (Å²) < 4.78 is 0. The summed E-state index contributed by atoms with van der Waals surface area (Å²) in [5.41, 5.74) is 1.54. The molecular formula is C11H16S. The van der Waals surface area contributed by atoms with Crippen molar-refractivity contribution in [2.75, 3.05) is 5.75 Å². The molecule has 12 heavy (non-hydrogen) atoms. The number of hydrogen-bond acceptors (Lipinski definition) is 1. The lowest BCUT2D eigenvalue weighted by Gasteiger charge is -2.20. The van der Waals surface area contributed by atoms with Crippen LogP contribution in [0.4, 0.5) is 0 Å². The molecule has 0 saturated heterocycles. The van der Waals surface area contributed by atoms with E-state index in [1.165, 1.54) is 22.6 Å². The highest BCUT2D eigenvalue weighted by atomic mass is 32.2. The molecule has 1 heterocycles. The van der Waals surface area contributed by atoms with Crippen LogP contribution in [0.2, 0.25) is 0 Å². The van der Waals surface area contributed by atoms with Gasteiger partial charge in [-0.15, -0.1) is 11.8 Å². The fourth-order valence-electron chi connectivity index (χ4n) is 1.48. The van der Waals surface area contributed by atoms with E-state index >= 15 is 0 Å². The molecule has 0 bridgehead atoms. The van der Waals surface area contributed by atoms with Crippen LogP contribution in [0.25, 0.3) is 0 Å². The van der Waals surface area contributed by atoms with Gasteiger partial charge in [-0.25, -0.2) is 0 Å². The van der Waals surface area contributed by atoms with Crippen LogP contribution in [0.3, 0.4) is 0 Å². The molecule has 1 aliphatic heterocycles. The fraction of sp³-hybridized carbons (Fsp3) is 0.455. The first-order valence-corrected chi connectivity index (χ1v) is 5.05. The Bertz CT molecular complexity index is 255. The molecule has 1 aromatic rings. The van der Waals surface area contributed by atoms with E-state index in [1.807, 2.05) is 11.8 Å². The van der Waals surface area contributed by atoms with Crippen molar-refractivity contribution in [3.63, 3.8) is 0 Å². The van der Waals surface area contributed by atoms with Crippen LogP contribution >= 0.6 is 11.8 Å². The second-order valence-electron chi connectivity index (χ2n) is 3.23. The van der Waals surface area contributed by atoms with Gasteiger partial charge in [-0.1, -0.05) is 32.5 Å². The minimum Gasteiger partial charge on any atom is -0.126 e. The summed E-state index contributed by atoms with van der Waals surface area (Å²) in [7, 11) is 0. The van der Waals surface area contributed by atoms with Crippen LogP contribution in [-0.4, -0.2) is 5.75 Å². The summed E-state index contributed by atoms with van der Waals surface area (Å²) in [6.07, 6.45) is 1.27. The standard InChI is InChI=1S/C10H12S.CH4/c1-8-6-9-4-2-3-5-10(9)11-7-8;/h2-5,8H,6-7H2,1H3;1H4. The van der Waals surface area contributed by atoms with Crippen LogP contribution < -0.4 is 0 Å². The molecule has 1 heteroatoms. The maximum atomic E-state index is 2.32. The quantitative estimate of drug-likeness (QED) is 0.588. The minimum absolute atomic E-state index is 0. The number of fused-ring (bicyclic) bond motifs is 1. The Morgan fingerprint density at radius 2 is 2.08 bits per heavy atom. The molecule has 0 N–H and O–H groups in total. The van der Waals surface area contributed by atoms with Crippen molar-refractivity contribution < 1.29 is 0 Å². The first-order valence-electron chi connectivity index (χ1n) is 4.07. The average Bonchev–Trinajstić information content (AvgIpc) is 2.04. The van der Waals surface area contributed by atoms with E-state index < -0.39 is 0 Å². The van der Waals surface area contributed by atoms with Gasteiger partial charge in [0.05, 0.1) is 0 Å². The lowest BCUT2D eigenvalue weighted by Crippen LogP contribution is -2.08. The topological polar surface area (TPSA) is 0 Å². The lowest BCUT2D eigenvalue weighted by molar-refractivity contribution is 0.640. The molecule has 0 fully saturated rings. The third-order valence-corrected chi connectivity index (χ3v) is 3.51. The Morgan fingerprint density at radius 1 is 1.33 bits per heavy atom. The van der Waals surface area contributed by atoms with Crippen LogP contribution in [0.1, 0.15) is 19.9 Å². The molecule has 0 aliphatic carbocycles. The molecule has 1 atom stereocenters. The summed E-state index contributed by atoms with van der Waals surface area (Å²) in [5.74, 6) is 2.15. The van der Waals surface area contributed by atoms with Gasteiger partial charge >= 0.3 is 0 Å². The van der Waals surface area contributed by atoms with Gasteiger partial charge in [0.25, 0.3) is 0 Å². The highest BCUT2D eigenvalue weighted by molar-refractivity contribution is 7.99. The Balaban J connectivity index is 0.000000720. The van der Waals surface area contributed by atoms with E-state index in [1.54, 1.807) is 0 Å². The van der Waals surface area contributed by atoms with Crippen molar-refractivity contribution in [1.29, 1.82) is 0 Å². The van der Waals surface area contributed by atoms with Crippen LogP contribution in [-0.2, 0) is 6.42 Å². The normalized spacial score (nSPS) is 20.9. The SMILES string of the molecule is C.CC1CSc2ccccc2C1. The van der Waals surface area contributed by atoms with Gasteiger partial charge in [0.1, 0.15) is 0 Å². The third-order valence-electron chi connectivity index (χ3n) is 2.06. The van der Waals surface area contributed by atoms with Crippen LogP contribution in [0.15, 0.2) is 29.2 Å². The summed E-state index contributed by atoms with van der Waals surface area (Å²) in [6, 6.07) is 8.74. The van der Waals surface area contributed by atoms with Crippen molar-refractivity contribution in [2.24, 2.45) is 5.92 Å².